The number of ether oxygens (including phenoxy) is 2. The van der Waals surface area contributed by atoms with Gasteiger partial charge in [-0.25, -0.2) is 18.0 Å². The summed E-state index contributed by atoms with van der Waals surface area (Å²) in [6.07, 6.45) is 3.21. The molecule has 0 atom stereocenters. The summed E-state index contributed by atoms with van der Waals surface area (Å²) in [7, 11) is -3.23. The summed E-state index contributed by atoms with van der Waals surface area (Å²) >= 11 is 1.70. The lowest BCUT2D eigenvalue weighted by Crippen LogP contribution is -1.98. The van der Waals surface area contributed by atoms with Crippen LogP contribution < -0.4 is 0 Å². The number of sulfone groups is 1. The summed E-state index contributed by atoms with van der Waals surface area (Å²) < 4.78 is 39.6. The van der Waals surface area contributed by atoms with Crippen molar-refractivity contribution in [1.82, 2.24) is 0 Å². The Morgan fingerprint density at radius 2 is 1.02 bits per heavy atom. The largest absolute Gasteiger partial charge is 0.457 e. The van der Waals surface area contributed by atoms with Crippen LogP contribution in [0.1, 0.15) is 44.9 Å². The van der Waals surface area contributed by atoms with Gasteiger partial charge in [0.25, 0.3) is 0 Å². The number of benzene rings is 4. The van der Waals surface area contributed by atoms with Crippen molar-refractivity contribution >= 4 is 55.8 Å². The predicted octanol–water partition coefficient (Wildman–Crippen LogP) is 8.10. The topological polar surface area (TPSA) is 86.7 Å². The molecule has 0 aromatic heterocycles. The maximum absolute atomic E-state index is 12.0. The highest BCUT2D eigenvalue weighted by molar-refractivity contribution is 7.98. The van der Waals surface area contributed by atoms with Crippen LogP contribution in [0.3, 0.4) is 0 Å². The normalized spacial score (nSPS) is 14.2. The smallest absolute Gasteiger partial charge is 0.339 e. The molecule has 8 heteroatoms. The first-order chi connectivity index (χ1) is 21.7. The van der Waals surface area contributed by atoms with Crippen molar-refractivity contribution in [3.8, 4) is 0 Å². The molecule has 0 fully saturated rings. The lowest BCUT2D eigenvalue weighted by molar-refractivity contribution is -0.134. The van der Waals surface area contributed by atoms with Crippen molar-refractivity contribution in [2.45, 2.75) is 31.0 Å². The molecule has 234 valence electrons. The Hall–Kier alpha value is -4.40. The van der Waals surface area contributed by atoms with Crippen LogP contribution in [-0.2, 0) is 28.9 Å². The molecule has 0 radical (unpaired) electrons. The van der Waals surface area contributed by atoms with E-state index in [0.29, 0.717) is 24.7 Å². The highest BCUT2D eigenvalue weighted by atomic mass is 32.2. The van der Waals surface area contributed by atoms with E-state index in [1.807, 2.05) is 79.1 Å². The molecule has 45 heavy (non-hydrogen) atoms. The second kappa shape index (κ2) is 16.1. The maximum atomic E-state index is 12.0. The summed E-state index contributed by atoms with van der Waals surface area (Å²) in [6, 6.07) is 33.7. The Morgan fingerprint density at radius 3 is 1.38 bits per heavy atom. The standard InChI is InChI=1S/C17H14O4S.C17H14O2S.C2H6.CH4/c1-22(19,20)14-9-7-12(8-10-14)15-11-21-17(18)16(15)13-5-3-2-4-6-13;1-20-14-9-7-12(8-10-14)15-11-19-17(18)16(15)13-5-3-2-4-6-13;1-2;/h2-10H,11H2,1H3;2-10H,11H2,1H3;1-2H3;1H4/i;;1D;. The lowest BCUT2D eigenvalue weighted by Gasteiger charge is -2.05. The van der Waals surface area contributed by atoms with Gasteiger partial charge in [-0.15, -0.1) is 11.8 Å². The predicted molar refractivity (Wildman–Crippen MR) is 184 cm³/mol. The van der Waals surface area contributed by atoms with Gasteiger partial charge >= 0.3 is 11.9 Å². The molecule has 2 aliphatic rings. The van der Waals surface area contributed by atoms with E-state index in [1.54, 1.807) is 43.0 Å². The zero-order valence-electron chi connectivity index (χ0n) is 25.8. The number of esters is 2. The fourth-order valence-electron chi connectivity index (χ4n) is 4.76. The summed E-state index contributed by atoms with van der Waals surface area (Å²) in [6.45, 7) is 2.84. The number of carbonyl (C=O) groups excluding carboxylic acids is 2. The van der Waals surface area contributed by atoms with Crippen molar-refractivity contribution in [2.75, 3.05) is 25.7 Å². The van der Waals surface area contributed by atoms with Crippen molar-refractivity contribution in [2.24, 2.45) is 0 Å². The van der Waals surface area contributed by atoms with Gasteiger partial charge in [0.05, 0.1) is 16.0 Å². The molecular formula is C37H38O6S2. The molecule has 0 saturated heterocycles. The van der Waals surface area contributed by atoms with E-state index in [4.69, 9.17) is 10.8 Å². The van der Waals surface area contributed by atoms with Crippen molar-refractivity contribution < 1.29 is 28.9 Å². The Morgan fingerprint density at radius 1 is 0.644 bits per heavy atom. The molecule has 0 saturated carbocycles. The molecule has 0 spiro atoms. The number of rotatable bonds is 6. The van der Waals surface area contributed by atoms with Crippen LogP contribution in [0.25, 0.3) is 22.3 Å². The summed E-state index contributed by atoms with van der Waals surface area (Å²) in [5, 5.41) is 0. The molecule has 2 aliphatic heterocycles. The second-order valence-electron chi connectivity index (χ2n) is 9.62. The van der Waals surface area contributed by atoms with Crippen molar-refractivity contribution in [3.05, 3.63) is 131 Å². The monoisotopic (exact) mass is 643 g/mol. The van der Waals surface area contributed by atoms with Gasteiger partial charge in [0.2, 0.25) is 0 Å². The van der Waals surface area contributed by atoms with Crippen molar-refractivity contribution in [3.63, 3.8) is 0 Å². The minimum atomic E-state index is -3.23. The zero-order valence-corrected chi connectivity index (χ0v) is 26.4. The molecular weight excluding hydrogens is 605 g/mol. The molecule has 6 nitrogen and oxygen atoms in total. The van der Waals surface area contributed by atoms with Gasteiger partial charge in [0.15, 0.2) is 9.84 Å². The van der Waals surface area contributed by atoms with E-state index in [0.717, 1.165) is 33.4 Å². The third-order valence-corrected chi connectivity index (χ3v) is 8.77. The minimum Gasteiger partial charge on any atom is -0.457 e. The van der Waals surface area contributed by atoms with E-state index in [1.165, 1.54) is 11.2 Å². The van der Waals surface area contributed by atoms with Gasteiger partial charge in [-0.1, -0.05) is 106 Å². The highest BCUT2D eigenvalue weighted by Crippen LogP contribution is 2.34. The maximum Gasteiger partial charge on any atom is 0.339 e. The van der Waals surface area contributed by atoms with Gasteiger partial charge in [0.1, 0.15) is 13.2 Å². The average molecular weight is 644 g/mol. The van der Waals surface area contributed by atoms with Crippen LogP contribution in [0.4, 0.5) is 0 Å². The van der Waals surface area contributed by atoms with E-state index in [9.17, 15) is 18.0 Å². The molecule has 4 aromatic carbocycles. The third-order valence-electron chi connectivity index (χ3n) is 6.90. The van der Waals surface area contributed by atoms with Gasteiger partial charge in [-0.05, 0) is 52.8 Å². The molecule has 0 unspecified atom stereocenters. The van der Waals surface area contributed by atoms with Crippen LogP contribution in [-0.4, -0.2) is 46.1 Å². The zero-order chi connectivity index (χ0) is 32.4. The summed E-state index contributed by atoms with van der Waals surface area (Å²) in [5.74, 6) is -0.589. The Labute approximate surface area is 272 Å². The minimum absolute atomic E-state index is 0. The first-order valence-electron chi connectivity index (χ1n) is 14.5. The SMILES string of the molecule is C.CS(=O)(=O)c1ccc(C2=C(c3ccccc3)C(=O)OC2)cc1.CSc1ccc(C2=C(c3ccccc3)C(=O)OC2)cc1.[2H]CC. The van der Waals surface area contributed by atoms with Gasteiger partial charge in [-0.2, -0.15) is 0 Å². The fraction of sp³-hybridized carbons (Fsp3) is 0.189. The Bertz CT molecular complexity index is 1800. The Balaban J connectivity index is 0.000000227. The molecule has 0 aliphatic carbocycles. The van der Waals surface area contributed by atoms with Gasteiger partial charge in [0, 0.05) is 23.7 Å². The summed E-state index contributed by atoms with van der Waals surface area (Å²) in [4.78, 5) is 25.5. The highest BCUT2D eigenvalue weighted by Gasteiger charge is 2.28. The van der Waals surface area contributed by atoms with Gasteiger partial charge in [-0.3, -0.25) is 0 Å². The first-order valence-corrected chi connectivity index (χ1v) is 16.9. The van der Waals surface area contributed by atoms with Gasteiger partial charge < -0.3 is 9.47 Å². The lowest BCUT2D eigenvalue weighted by atomic mass is 9.97. The van der Waals surface area contributed by atoms with E-state index >= 15 is 0 Å². The van der Waals surface area contributed by atoms with Crippen LogP contribution in [0.2, 0.25) is 0 Å². The summed E-state index contributed by atoms with van der Waals surface area (Å²) in [5.41, 5.74) is 6.51. The number of carbonyl (C=O) groups is 2. The molecule has 4 aromatic rings. The quantitative estimate of drug-likeness (QED) is 0.155. The van der Waals surface area contributed by atoms with Crippen LogP contribution in [0, 0.1) is 0 Å². The van der Waals surface area contributed by atoms with Crippen LogP contribution in [0.15, 0.2) is 119 Å². The van der Waals surface area contributed by atoms with E-state index in [-0.39, 0.29) is 30.9 Å². The molecule has 6 rings (SSSR count). The third kappa shape index (κ3) is 8.41. The number of thioether (sulfide) groups is 1. The number of hydrogen-bond acceptors (Lipinski definition) is 7. The van der Waals surface area contributed by atoms with E-state index in [2.05, 4.69) is 12.1 Å². The average Bonchev–Trinajstić information content (AvgIpc) is 3.64. The molecule has 0 bridgehead atoms. The molecule has 2 heterocycles. The van der Waals surface area contributed by atoms with E-state index < -0.39 is 9.84 Å². The van der Waals surface area contributed by atoms with Crippen molar-refractivity contribution in [1.29, 1.82) is 0 Å². The number of cyclic esters (lactones) is 2. The fourth-order valence-corrected chi connectivity index (χ4v) is 5.79. The second-order valence-corrected chi connectivity index (χ2v) is 12.5. The first kappa shape index (κ1) is 33.5. The molecule has 0 N–H and O–H groups in total. The van der Waals surface area contributed by atoms with Crippen LogP contribution >= 0.6 is 11.8 Å². The number of hydrogen-bond donors (Lipinski definition) is 0. The Kier molecular flexibility index (Phi) is 12.0. The van der Waals surface area contributed by atoms with Crippen LogP contribution in [0.5, 0.6) is 0 Å². The molecule has 0 amide bonds.